The van der Waals surface area contributed by atoms with Gasteiger partial charge in [-0.3, -0.25) is 0 Å². The maximum absolute atomic E-state index is 5.20. The van der Waals surface area contributed by atoms with Crippen LogP contribution in [0.4, 0.5) is 0 Å². The Morgan fingerprint density at radius 3 is 2.75 bits per heavy atom. The van der Waals surface area contributed by atoms with E-state index in [1.54, 1.807) is 7.11 Å². The predicted molar refractivity (Wildman–Crippen MR) is 60.4 cm³/mol. The summed E-state index contributed by atoms with van der Waals surface area (Å²) in [5, 5.41) is 3.93. The summed E-state index contributed by atoms with van der Waals surface area (Å²) in [5.74, 6) is 2.15. The van der Waals surface area contributed by atoms with Crippen LogP contribution >= 0.6 is 0 Å². The van der Waals surface area contributed by atoms with Crippen molar-refractivity contribution in [3.05, 3.63) is 29.7 Å². The Morgan fingerprint density at radius 1 is 1.38 bits per heavy atom. The zero-order chi connectivity index (χ0) is 11.5. The summed E-state index contributed by atoms with van der Waals surface area (Å²) < 4.78 is 10.3. The number of hydrogen-bond donors (Lipinski definition) is 0. The molecule has 1 aromatic heterocycles. The van der Waals surface area contributed by atoms with Crippen molar-refractivity contribution in [2.75, 3.05) is 7.11 Å². The van der Waals surface area contributed by atoms with Crippen molar-refractivity contribution >= 4 is 0 Å². The average molecular weight is 218 g/mol. The van der Waals surface area contributed by atoms with Crippen LogP contribution in [0.3, 0.4) is 0 Å². The monoisotopic (exact) mass is 218 g/mol. The van der Waals surface area contributed by atoms with Crippen molar-refractivity contribution in [3.8, 4) is 17.1 Å². The molecule has 0 bridgehead atoms. The Balaban J connectivity index is 2.37. The van der Waals surface area contributed by atoms with E-state index in [2.05, 4.69) is 10.1 Å². The van der Waals surface area contributed by atoms with Gasteiger partial charge in [-0.25, -0.2) is 0 Å². The van der Waals surface area contributed by atoms with Gasteiger partial charge >= 0.3 is 0 Å². The SMILES string of the molecule is CCc1nc(-c2ccc(OC)c(C)c2)no1. The molecule has 84 valence electrons. The van der Waals surface area contributed by atoms with Crippen LogP contribution < -0.4 is 4.74 Å². The molecule has 2 aromatic rings. The summed E-state index contributed by atoms with van der Waals surface area (Å²) in [6.07, 6.45) is 0.752. The molecule has 1 heterocycles. The van der Waals surface area contributed by atoms with Gasteiger partial charge in [-0.05, 0) is 30.7 Å². The van der Waals surface area contributed by atoms with Crippen LogP contribution in [0.2, 0.25) is 0 Å². The van der Waals surface area contributed by atoms with Crippen LogP contribution in [0.15, 0.2) is 22.7 Å². The summed E-state index contributed by atoms with van der Waals surface area (Å²) in [4.78, 5) is 4.28. The molecule has 0 radical (unpaired) electrons. The maximum atomic E-state index is 5.20. The van der Waals surface area contributed by atoms with Crippen LogP contribution in [-0.2, 0) is 6.42 Å². The van der Waals surface area contributed by atoms with Crippen LogP contribution in [-0.4, -0.2) is 17.3 Å². The van der Waals surface area contributed by atoms with Gasteiger partial charge in [0.2, 0.25) is 11.7 Å². The van der Waals surface area contributed by atoms with Crippen molar-refractivity contribution in [2.45, 2.75) is 20.3 Å². The highest BCUT2D eigenvalue weighted by molar-refractivity contribution is 5.58. The van der Waals surface area contributed by atoms with E-state index in [0.717, 1.165) is 23.3 Å². The molecule has 0 aliphatic rings. The molecule has 0 aliphatic heterocycles. The van der Waals surface area contributed by atoms with E-state index in [9.17, 15) is 0 Å². The Bertz CT molecular complexity index is 492. The van der Waals surface area contributed by atoms with Gasteiger partial charge in [-0.1, -0.05) is 12.1 Å². The third-order valence-corrected chi connectivity index (χ3v) is 2.42. The lowest BCUT2D eigenvalue weighted by atomic mass is 10.1. The molecule has 0 aliphatic carbocycles. The second-order valence-electron chi connectivity index (χ2n) is 3.55. The van der Waals surface area contributed by atoms with Crippen molar-refractivity contribution in [3.63, 3.8) is 0 Å². The van der Waals surface area contributed by atoms with E-state index >= 15 is 0 Å². The first-order chi connectivity index (χ1) is 7.74. The molecule has 2 rings (SSSR count). The lowest BCUT2D eigenvalue weighted by Gasteiger charge is -2.04. The van der Waals surface area contributed by atoms with E-state index in [1.165, 1.54) is 0 Å². The standard InChI is InChI=1S/C12H14N2O2/c1-4-11-13-12(14-16-11)9-5-6-10(15-3)8(2)7-9/h5-7H,4H2,1-3H3. The van der Waals surface area contributed by atoms with E-state index < -0.39 is 0 Å². The number of hydrogen-bond acceptors (Lipinski definition) is 4. The number of rotatable bonds is 3. The molecule has 16 heavy (non-hydrogen) atoms. The van der Waals surface area contributed by atoms with Gasteiger partial charge in [0.15, 0.2) is 0 Å². The zero-order valence-corrected chi connectivity index (χ0v) is 9.65. The molecule has 0 fully saturated rings. The molecule has 0 saturated heterocycles. The van der Waals surface area contributed by atoms with Gasteiger partial charge in [-0.15, -0.1) is 0 Å². The number of ether oxygens (including phenoxy) is 1. The zero-order valence-electron chi connectivity index (χ0n) is 9.65. The highest BCUT2D eigenvalue weighted by Crippen LogP contribution is 2.24. The minimum atomic E-state index is 0.627. The molecule has 0 amide bonds. The molecular formula is C12H14N2O2. The second kappa shape index (κ2) is 4.35. The predicted octanol–water partition coefficient (Wildman–Crippen LogP) is 2.62. The van der Waals surface area contributed by atoms with Gasteiger partial charge in [0.1, 0.15) is 5.75 Å². The molecule has 4 nitrogen and oxygen atoms in total. The van der Waals surface area contributed by atoms with Crippen LogP contribution in [0, 0.1) is 6.92 Å². The van der Waals surface area contributed by atoms with E-state index in [4.69, 9.17) is 9.26 Å². The van der Waals surface area contributed by atoms with Crippen molar-refractivity contribution in [2.24, 2.45) is 0 Å². The van der Waals surface area contributed by atoms with Crippen LogP contribution in [0.5, 0.6) is 5.75 Å². The van der Waals surface area contributed by atoms with E-state index in [1.807, 2.05) is 32.0 Å². The molecule has 0 atom stereocenters. The molecule has 0 spiro atoms. The molecule has 0 N–H and O–H groups in total. The van der Waals surface area contributed by atoms with E-state index in [-0.39, 0.29) is 0 Å². The van der Waals surface area contributed by atoms with Gasteiger partial charge in [0, 0.05) is 12.0 Å². The highest BCUT2D eigenvalue weighted by atomic mass is 16.5. The summed E-state index contributed by atoms with van der Waals surface area (Å²) in [6.45, 7) is 3.97. The average Bonchev–Trinajstić information content (AvgIpc) is 2.77. The fraction of sp³-hybridized carbons (Fsp3) is 0.333. The van der Waals surface area contributed by atoms with Gasteiger partial charge in [-0.2, -0.15) is 4.98 Å². The minimum absolute atomic E-state index is 0.627. The quantitative estimate of drug-likeness (QED) is 0.794. The normalized spacial score (nSPS) is 10.4. The molecule has 0 unspecified atom stereocenters. The molecule has 4 heteroatoms. The summed E-state index contributed by atoms with van der Waals surface area (Å²) in [5.41, 5.74) is 2.00. The van der Waals surface area contributed by atoms with E-state index in [0.29, 0.717) is 11.7 Å². The molecule has 0 saturated carbocycles. The first-order valence-corrected chi connectivity index (χ1v) is 5.22. The maximum Gasteiger partial charge on any atom is 0.226 e. The highest BCUT2D eigenvalue weighted by Gasteiger charge is 2.08. The third kappa shape index (κ3) is 1.91. The van der Waals surface area contributed by atoms with Gasteiger partial charge in [0.05, 0.1) is 7.11 Å². The van der Waals surface area contributed by atoms with Crippen molar-refractivity contribution in [1.29, 1.82) is 0 Å². The smallest absolute Gasteiger partial charge is 0.226 e. The largest absolute Gasteiger partial charge is 0.496 e. The third-order valence-electron chi connectivity index (χ3n) is 2.42. The second-order valence-corrected chi connectivity index (χ2v) is 3.55. The lowest BCUT2D eigenvalue weighted by molar-refractivity contribution is 0.382. The Hall–Kier alpha value is -1.84. The number of methoxy groups -OCH3 is 1. The number of benzene rings is 1. The summed E-state index contributed by atoms with van der Waals surface area (Å²) >= 11 is 0. The Kier molecular flexibility index (Phi) is 2.90. The summed E-state index contributed by atoms with van der Waals surface area (Å²) in [7, 11) is 1.66. The fourth-order valence-electron chi connectivity index (χ4n) is 1.53. The minimum Gasteiger partial charge on any atom is -0.496 e. The Morgan fingerprint density at radius 2 is 2.19 bits per heavy atom. The Labute approximate surface area is 94.2 Å². The van der Waals surface area contributed by atoms with Crippen LogP contribution in [0.25, 0.3) is 11.4 Å². The summed E-state index contributed by atoms with van der Waals surface area (Å²) in [6, 6.07) is 5.83. The first-order valence-electron chi connectivity index (χ1n) is 5.22. The number of nitrogens with zero attached hydrogens (tertiary/aromatic N) is 2. The molecule has 1 aromatic carbocycles. The lowest BCUT2D eigenvalue weighted by Crippen LogP contribution is -1.88. The number of aryl methyl sites for hydroxylation is 2. The van der Waals surface area contributed by atoms with Crippen LogP contribution in [0.1, 0.15) is 18.4 Å². The number of aromatic nitrogens is 2. The topological polar surface area (TPSA) is 48.2 Å². The first kappa shape index (κ1) is 10.7. The van der Waals surface area contributed by atoms with Gasteiger partial charge < -0.3 is 9.26 Å². The molecular weight excluding hydrogens is 204 g/mol. The fourth-order valence-corrected chi connectivity index (χ4v) is 1.53. The van der Waals surface area contributed by atoms with Crippen molar-refractivity contribution in [1.82, 2.24) is 10.1 Å². The van der Waals surface area contributed by atoms with Crippen molar-refractivity contribution < 1.29 is 9.26 Å². The van der Waals surface area contributed by atoms with Gasteiger partial charge in [0.25, 0.3) is 0 Å².